The van der Waals surface area contributed by atoms with Crippen LogP contribution >= 0.6 is 0 Å². The van der Waals surface area contributed by atoms with E-state index in [2.05, 4.69) is 0 Å². The summed E-state index contributed by atoms with van der Waals surface area (Å²) in [7, 11) is 0. The zero-order valence-corrected chi connectivity index (χ0v) is 8.20. The summed E-state index contributed by atoms with van der Waals surface area (Å²) in [4.78, 5) is 10.6. The molecule has 0 aromatic rings. The van der Waals surface area contributed by atoms with Gasteiger partial charge in [-0.15, -0.1) is 0 Å². The number of aliphatic hydroxyl groups excluding tert-OH is 1. The molecule has 0 aliphatic heterocycles. The van der Waals surface area contributed by atoms with Crippen molar-refractivity contribution >= 4 is 5.97 Å². The summed E-state index contributed by atoms with van der Waals surface area (Å²) in [6.45, 7) is 6.95. The summed E-state index contributed by atoms with van der Waals surface area (Å²) >= 11 is 0. The van der Waals surface area contributed by atoms with Gasteiger partial charge in [-0.3, -0.25) is 4.79 Å². The van der Waals surface area contributed by atoms with E-state index in [9.17, 15) is 9.90 Å². The third-order valence-electron chi connectivity index (χ3n) is 2.12. The minimum atomic E-state index is -0.389. The van der Waals surface area contributed by atoms with E-state index in [-0.39, 0.29) is 24.1 Å². The van der Waals surface area contributed by atoms with Crippen LogP contribution in [0.1, 0.15) is 34.1 Å². The fraction of sp³-hybridized carbons (Fsp3) is 0.889. The number of carbonyl (C=O) groups excluding carboxylic acids is 1. The molecular weight excluding hydrogens is 156 g/mol. The number of aliphatic hydroxyl groups is 1. The molecule has 0 fully saturated rings. The molecule has 0 saturated carbocycles. The van der Waals surface area contributed by atoms with Crippen LogP contribution in [0.4, 0.5) is 0 Å². The van der Waals surface area contributed by atoms with Gasteiger partial charge in [0.1, 0.15) is 6.10 Å². The molecule has 3 nitrogen and oxygen atoms in total. The monoisotopic (exact) mass is 174 g/mol. The Labute approximate surface area is 73.7 Å². The van der Waals surface area contributed by atoms with Crippen molar-refractivity contribution in [1.29, 1.82) is 0 Å². The lowest BCUT2D eigenvalue weighted by Gasteiger charge is -2.23. The fourth-order valence-electron chi connectivity index (χ4n) is 1.05. The maximum Gasteiger partial charge on any atom is 0.302 e. The SMILES string of the molecule is CC[C@@H](O)C(C)[C@H](C)OC(C)=O. The zero-order chi connectivity index (χ0) is 9.72. The minimum absolute atomic E-state index is 0.00102. The van der Waals surface area contributed by atoms with Crippen LogP contribution in [0.25, 0.3) is 0 Å². The van der Waals surface area contributed by atoms with Crippen LogP contribution in [0.15, 0.2) is 0 Å². The Hall–Kier alpha value is -0.570. The lowest BCUT2D eigenvalue weighted by atomic mass is 9.97. The van der Waals surface area contributed by atoms with Gasteiger partial charge in [0.15, 0.2) is 0 Å². The molecule has 0 aromatic heterocycles. The number of hydrogen-bond acceptors (Lipinski definition) is 3. The molecule has 0 aromatic carbocycles. The molecule has 0 bridgehead atoms. The maximum atomic E-state index is 10.6. The number of carbonyl (C=O) groups is 1. The van der Waals surface area contributed by atoms with Gasteiger partial charge in [0, 0.05) is 12.8 Å². The summed E-state index contributed by atoms with van der Waals surface area (Å²) < 4.78 is 4.94. The standard InChI is InChI=1S/C9H18O3/c1-5-9(11)6(2)7(3)12-8(4)10/h6-7,9,11H,5H2,1-4H3/t6?,7-,9+/m0/s1. The molecular formula is C9H18O3. The van der Waals surface area contributed by atoms with E-state index in [4.69, 9.17) is 4.74 Å². The van der Waals surface area contributed by atoms with Gasteiger partial charge in [-0.1, -0.05) is 13.8 Å². The highest BCUT2D eigenvalue weighted by Gasteiger charge is 2.21. The van der Waals surface area contributed by atoms with Crippen LogP contribution in [0.2, 0.25) is 0 Å². The Morgan fingerprint density at radius 3 is 2.33 bits per heavy atom. The largest absolute Gasteiger partial charge is 0.462 e. The quantitative estimate of drug-likeness (QED) is 0.654. The third-order valence-corrected chi connectivity index (χ3v) is 2.12. The summed E-state index contributed by atoms with van der Waals surface area (Å²) in [5.41, 5.74) is 0. The first kappa shape index (κ1) is 11.4. The van der Waals surface area contributed by atoms with E-state index < -0.39 is 0 Å². The number of ether oxygens (including phenoxy) is 1. The molecule has 0 saturated heterocycles. The fourth-order valence-corrected chi connectivity index (χ4v) is 1.05. The summed E-state index contributed by atoms with van der Waals surface area (Å²) in [6.07, 6.45) is 0.0871. The van der Waals surface area contributed by atoms with E-state index in [0.717, 1.165) is 0 Å². The first-order chi connectivity index (χ1) is 5.49. The van der Waals surface area contributed by atoms with Crippen molar-refractivity contribution < 1.29 is 14.6 Å². The Morgan fingerprint density at radius 2 is 2.00 bits per heavy atom. The van der Waals surface area contributed by atoms with Crippen LogP contribution in [-0.2, 0) is 9.53 Å². The molecule has 1 unspecified atom stereocenters. The van der Waals surface area contributed by atoms with Gasteiger partial charge in [-0.2, -0.15) is 0 Å². The van der Waals surface area contributed by atoms with Crippen molar-refractivity contribution in [2.75, 3.05) is 0 Å². The van der Waals surface area contributed by atoms with Gasteiger partial charge in [0.05, 0.1) is 6.10 Å². The number of hydrogen-bond donors (Lipinski definition) is 1. The first-order valence-corrected chi connectivity index (χ1v) is 4.34. The molecule has 12 heavy (non-hydrogen) atoms. The molecule has 0 rings (SSSR count). The highest BCUT2D eigenvalue weighted by atomic mass is 16.5. The number of esters is 1. The molecule has 72 valence electrons. The van der Waals surface area contributed by atoms with Gasteiger partial charge >= 0.3 is 5.97 Å². The smallest absolute Gasteiger partial charge is 0.302 e. The van der Waals surface area contributed by atoms with Crippen molar-refractivity contribution in [2.45, 2.75) is 46.3 Å². The normalized spacial score (nSPS) is 18.1. The molecule has 3 atom stereocenters. The summed E-state index contributed by atoms with van der Waals surface area (Å²) in [5.74, 6) is -0.295. The molecule has 0 aliphatic rings. The Balaban J connectivity index is 3.91. The van der Waals surface area contributed by atoms with Gasteiger partial charge in [-0.05, 0) is 13.3 Å². The van der Waals surface area contributed by atoms with Crippen LogP contribution in [0, 0.1) is 5.92 Å². The number of rotatable bonds is 4. The summed E-state index contributed by atoms with van der Waals surface area (Å²) in [5, 5.41) is 9.42. The second-order valence-electron chi connectivity index (χ2n) is 3.15. The van der Waals surface area contributed by atoms with Crippen molar-refractivity contribution in [3.8, 4) is 0 Å². The minimum Gasteiger partial charge on any atom is -0.462 e. The lowest BCUT2D eigenvalue weighted by molar-refractivity contribution is -0.149. The van der Waals surface area contributed by atoms with Gasteiger partial charge in [-0.25, -0.2) is 0 Å². The molecule has 0 heterocycles. The first-order valence-electron chi connectivity index (χ1n) is 4.34. The average molecular weight is 174 g/mol. The van der Waals surface area contributed by atoms with Crippen molar-refractivity contribution in [3.05, 3.63) is 0 Å². The summed E-state index contributed by atoms with van der Waals surface area (Å²) in [6, 6.07) is 0. The molecule has 1 N–H and O–H groups in total. The van der Waals surface area contributed by atoms with Gasteiger partial charge in [0.25, 0.3) is 0 Å². The Bertz CT molecular complexity index is 145. The second kappa shape index (κ2) is 5.14. The molecule has 0 aliphatic carbocycles. The van der Waals surface area contributed by atoms with Gasteiger partial charge < -0.3 is 9.84 Å². The topological polar surface area (TPSA) is 46.5 Å². The highest BCUT2D eigenvalue weighted by Crippen LogP contribution is 2.14. The maximum absolute atomic E-state index is 10.6. The highest BCUT2D eigenvalue weighted by molar-refractivity contribution is 5.66. The van der Waals surface area contributed by atoms with E-state index in [0.29, 0.717) is 6.42 Å². The van der Waals surface area contributed by atoms with E-state index in [1.165, 1.54) is 6.92 Å². The molecule has 3 heteroatoms. The van der Waals surface area contributed by atoms with E-state index >= 15 is 0 Å². The van der Waals surface area contributed by atoms with Crippen LogP contribution in [0.3, 0.4) is 0 Å². The Morgan fingerprint density at radius 1 is 1.50 bits per heavy atom. The van der Waals surface area contributed by atoms with Crippen molar-refractivity contribution in [1.82, 2.24) is 0 Å². The second-order valence-corrected chi connectivity index (χ2v) is 3.15. The predicted octanol–water partition coefficient (Wildman–Crippen LogP) is 1.34. The van der Waals surface area contributed by atoms with Crippen LogP contribution in [-0.4, -0.2) is 23.3 Å². The van der Waals surface area contributed by atoms with E-state index in [1.54, 1.807) is 6.92 Å². The van der Waals surface area contributed by atoms with Gasteiger partial charge in [0.2, 0.25) is 0 Å². The van der Waals surface area contributed by atoms with Crippen LogP contribution < -0.4 is 0 Å². The average Bonchev–Trinajstić information content (AvgIpc) is 2.00. The molecule has 0 spiro atoms. The van der Waals surface area contributed by atoms with Crippen molar-refractivity contribution in [2.24, 2.45) is 5.92 Å². The molecule has 0 radical (unpaired) electrons. The zero-order valence-electron chi connectivity index (χ0n) is 8.20. The third kappa shape index (κ3) is 3.72. The van der Waals surface area contributed by atoms with E-state index in [1.807, 2.05) is 13.8 Å². The molecule has 0 amide bonds. The Kier molecular flexibility index (Phi) is 4.90. The van der Waals surface area contributed by atoms with Crippen LogP contribution in [0.5, 0.6) is 0 Å². The van der Waals surface area contributed by atoms with Crippen molar-refractivity contribution in [3.63, 3.8) is 0 Å². The lowest BCUT2D eigenvalue weighted by Crippen LogP contribution is -2.30. The predicted molar refractivity (Wildman–Crippen MR) is 46.7 cm³/mol.